The first-order valence-corrected chi connectivity index (χ1v) is 3.12. The Bertz CT molecular complexity index is 58.2. The molecule has 4 nitrogen and oxygen atoms in total. The zero-order valence-corrected chi connectivity index (χ0v) is 5.51. The summed E-state index contributed by atoms with van der Waals surface area (Å²) in [6, 6.07) is 0. The molecule has 0 saturated carbocycles. The van der Waals surface area contributed by atoms with E-state index in [-0.39, 0.29) is 0 Å². The predicted molar refractivity (Wildman–Crippen MR) is 36.7 cm³/mol. The lowest BCUT2D eigenvalue weighted by molar-refractivity contribution is 0.179. The van der Waals surface area contributed by atoms with Crippen LogP contribution >= 0.6 is 0 Å². The minimum Gasteiger partial charge on any atom is -0.377 e. The first kappa shape index (κ1) is 8.84. The van der Waals surface area contributed by atoms with E-state index < -0.39 is 6.23 Å². The fraction of sp³-hybridized carbons (Fsp3) is 1.00. The minimum absolute atomic E-state index is 0.444. The van der Waals surface area contributed by atoms with Crippen molar-refractivity contribution >= 4 is 0 Å². The maximum Gasteiger partial charge on any atom is 0.115 e. The zero-order chi connectivity index (χ0) is 7.11. The number of rotatable bonds is 5. The Morgan fingerprint density at radius 1 is 1.56 bits per heavy atom. The Morgan fingerprint density at radius 2 is 2.22 bits per heavy atom. The van der Waals surface area contributed by atoms with Gasteiger partial charge in [-0.25, -0.2) is 0 Å². The van der Waals surface area contributed by atoms with E-state index >= 15 is 0 Å². The van der Waals surface area contributed by atoms with Crippen molar-refractivity contribution in [1.82, 2.24) is 5.32 Å². The molecule has 56 valence electrons. The van der Waals surface area contributed by atoms with Crippen molar-refractivity contribution in [1.29, 1.82) is 0 Å². The average Bonchev–Trinajstić information content (AvgIpc) is 1.80. The van der Waals surface area contributed by atoms with Gasteiger partial charge in [-0.05, 0) is 19.5 Å². The summed E-state index contributed by atoms with van der Waals surface area (Å²) >= 11 is 0. The molecule has 0 aliphatic heterocycles. The van der Waals surface area contributed by atoms with Gasteiger partial charge in [0.05, 0.1) is 0 Å². The quantitative estimate of drug-likeness (QED) is 0.263. The van der Waals surface area contributed by atoms with Gasteiger partial charge in [0.15, 0.2) is 0 Å². The molecule has 6 N–H and O–H groups in total. The third kappa shape index (κ3) is 7.84. The summed E-state index contributed by atoms with van der Waals surface area (Å²) in [4.78, 5) is 0. The lowest BCUT2D eigenvalue weighted by Crippen LogP contribution is -2.34. The maximum absolute atomic E-state index is 8.54. The molecule has 9 heavy (non-hydrogen) atoms. The predicted octanol–water partition coefficient (Wildman–Crippen LogP) is -1.80. The van der Waals surface area contributed by atoms with Crippen LogP contribution in [0.15, 0.2) is 0 Å². The van der Waals surface area contributed by atoms with Gasteiger partial charge in [-0.3, -0.25) is 0 Å². The second-order valence-electron chi connectivity index (χ2n) is 1.91. The number of hydrogen-bond acceptors (Lipinski definition) is 4. The molecule has 0 amide bonds. The van der Waals surface area contributed by atoms with Crippen LogP contribution in [0.25, 0.3) is 0 Å². The van der Waals surface area contributed by atoms with Gasteiger partial charge in [0.1, 0.15) is 6.23 Å². The molecule has 0 aromatic heterocycles. The van der Waals surface area contributed by atoms with Crippen molar-refractivity contribution in [3.8, 4) is 0 Å². The molecule has 0 radical (unpaired) electrons. The van der Waals surface area contributed by atoms with Gasteiger partial charge in [0, 0.05) is 6.54 Å². The van der Waals surface area contributed by atoms with E-state index in [1.54, 1.807) is 0 Å². The van der Waals surface area contributed by atoms with E-state index in [0.717, 1.165) is 13.0 Å². The monoisotopic (exact) mass is 133 g/mol. The van der Waals surface area contributed by atoms with Crippen molar-refractivity contribution in [2.45, 2.75) is 12.6 Å². The van der Waals surface area contributed by atoms with Crippen LogP contribution in [0.2, 0.25) is 0 Å². The SMILES string of the molecule is NCCCNCC(N)O. The number of hydrogen-bond donors (Lipinski definition) is 4. The summed E-state index contributed by atoms with van der Waals surface area (Å²) < 4.78 is 0. The first-order chi connectivity index (χ1) is 4.27. The molecule has 0 aromatic carbocycles. The van der Waals surface area contributed by atoms with Gasteiger partial charge in [-0.1, -0.05) is 0 Å². The second-order valence-corrected chi connectivity index (χ2v) is 1.91. The van der Waals surface area contributed by atoms with Gasteiger partial charge < -0.3 is 21.9 Å². The molecule has 4 heteroatoms. The highest BCUT2D eigenvalue weighted by Gasteiger charge is 1.91. The minimum atomic E-state index is -0.747. The average molecular weight is 133 g/mol. The lowest BCUT2D eigenvalue weighted by Gasteiger charge is -2.04. The number of aliphatic hydroxyl groups excluding tert-OH is 1. The highest BCUT2D eigenvalue weighted by atomic mass is 16.3. The summed E-state index contributed by atoms with van der Waals surface area (Å²) in [5.41, 5.74) is 10.2. The van der Waals surface area contributed by atoms with Crippen LogP contribution in [0.3, 0.4) is 0 Å². The zero-order valence-electron chi connectivity index (χ0n) is 5.51. The van der Waals surface area contributed by atoms with Gasteiger partial charge in [-0.2, -0.15) is 0 Å². The van der Waals surface area contributed by atoms with Crippen LogP contribution < -0.4 is 16.8 Å². The van der Waals surface area contributed by atoms with Gasteiger partial charge in [0.25, 0.3) is 0 Å². The van der Waals surface area contributed by atoms with E-state index in [0.29, 0.717) is 13.1 Å². The third-order valence-corrected chi connectivity index (χ3v) is 0.911. The molecule has 1 unspecified atom stereocenters. The molecule has 0 aliphatic carbocycles. The standard InChI is InChI=1S/C5H15N3O/c6-2-1-3-8-4-5(7)9/h5,8-9H,1-4,6-7H2. The van der Waals surface area contributed by atoms with Crippen molar-refractivity contribution in [2.75, 3.05) is 19.6 Å². The third-order valence-electron chi connectivity index (χ3n) is 0.911. The second kappa shape index (κ2) is 5.97. The molecule has 0 rings (SSSR count). The number of nitrogens with one attached hydrogen (secondary N) is 1. The van der Waals surface area contributed by atoms with Crippen LogP contribution in [0, 0.1) is 0 Å². The number of nitrogens with two attached hydrogens (primary N) is 2. The van der Waals surface area contributed by atoms with Gasteiger partial charge in [-0.15, -0.1) is 0 Å². The fourth-order valence-corrected chi connectivity index (χ4v) is 0.477. The van der Waals surface area contributed by atoms with Crippen molar-refractivity contribution in [3.05, 3.63) is 0 Å². The summed E-state index contributed by atoms with van der Waals surface area (Å²) in [6.07, 6.45) is 0.176. The molecule has 0 saturated heterocycles. The normalized spacial score (nSPS) is 13.7. The maximum atomic E-state index is 8.54. The highest BCUT2D eigenvalue weighted by Crippen LogP contribution is 1.69. The van der Waals surface area contributed by atoms with Crippen LogP contribution in [-0.4, -0.2) is 31.0 Å². The molecule has 0 bridgehead atoms. The van der Waals surface area contributed by atoms with Crippen LogP contribution in [0.5, 0.6) is 0 Å². The highest BCUT2D eigenvalue weighted by molar-refractivity contribution is 4.51. The van der Waals surface area contributed by atoms with Crippen LogP contribution in [0.1, 0.15) is 6.42 Å². The van der Waals surface area contributed by atoms with Crippen LogP contribution in [0.4, 0.5) is 0 Å². The molecule has 0 aromatic rings. The van der Waals surface area contributed by atoms with Gasteiger partial charge in [0.2, 0.25) is 0 Å². The molecule has 0 aliphatic rings. The summed E-state index contributed by atoms with van der Waals surface area (Å²) in [6.45, 7) is 1.94. The van der Waals surface area contributed by atoms with Crippen molar-refractivity contribution in [3.63, 3.8) is 0 Å². The van der Waals surface area contributed by atoms with E-state index in [1.165, 1.54) is 0 Å². The van der Waals surface area contributed by atoms with E-state index in [4.69, 9.17) is 16.6 Å². The molecular weight excluding hydrogens is 118 g/mol. The first-order valence-electron chi connectivity index (χ1n) is 3.12. The number of aliphatic hydroxyl groups is 1. The Morgan fingerprint density at radius 3 is 2.67 bits per heavy atom. The van der Waals surface area contributed by atoms with E-state index in [1.807, 2.05) is 0 Å². The Labute approximate surface area is 55.2 Å². The van der Waals surface area contributed by atoms with Crippen molar-refractivity contribution in [2.24, 2.45) is 11.5 Å². The topological polar surface area (TPSA) is 84.3 Å². The molecule has 0 spiro atoms. The Kier molecular flexibility index (Phi) is 5.86. The Hall–Kier alpha value is -0.160. The van der Waals surface area contributed by atoms with Crippen LogP contribution in [-0.2, 0) is 0 Å². The van der Waals surface area contributed by atoms with E-state index in [9.17, 15) is 0 Å². The van der Waals surface area contributed by atoms with Crippen molar-refractivity contribution < 1.29 is 5.11 Å². The smallest absolute Gasteiger partial charge is 0.115 e. The summed E-state index contributed by atoms with van der Waals surface area (Å²) in [5, 5.41) is 11.5. The fourth-order valence-electron chi connectivity index (χ4n) is 0.477. The molecule has 1 atom stereocenters. The summed E-state index contributed by atoms with van der Waals surface area (Å²) in [7, 11) is 0. The van der Waals surface area contributed by atoms with Gasteiger partial charge >= 0.3 is 0 Å². The lowest BCUT2D eigenvalue weighted by atomic mass is 10.4. The summed E-state index contributed by atoms with van der Waals surface area (Å²) in [5.74, 6) is 0. The largest absolute Gasteiger partial charge is 0.377 e. The molecular formula is C5H15N3O. The Balaban J connectivity index is 2.75. The molecule has 0 fully saturated rings. The molecule has 0 heterocycles. The van der Waals surface area contributed by atoms with E-state index in [2.05, 4.69) is 5.32 Å².